The van der Waals surface area contributed by atoms with Gasteiger partial charge in [-0.1, -0.05) is 17.2 Å². The number of hydrogen-bond donors (Lipinski definition) is 0. The number of azide groups is 1. The molecule has 0 bridgehead atoms. The van der Waals surface area contributed by atoms with Crippen molar-refractivity contribution in [3.8, 4) is 6.07 Å². The molecule has 0 atom stereocenters. The first-order valence-corrected chi connectivity index (χ1v) is 6.08. The number of hydrogen-bond acceptors (Lipinski definition) is 3. The molecular formula is C13H13N5O. The summed E-state index contributed by atoms with van der Waals surface area (Å²) in [5, 5.41) is 12.3. The van der Waals surface area contributed by atoms with Crippen molar-refractivity contribution in [2.24, 2.45) is 11.0 Å². The fraction of sp³-hybridized carbons (Fsp3) is 0.385. The Morgan fingerprint density at radius 1 is 1.37 bits per heavy atom. The summed E-state index contributed by atoms with van der Waals surface area (Å²) in [4.78, 5) is 16.7. The van der Waals surface area contributed by atoms with E-state index in [1.54, 1.807) is 29.2 Å². The molecule has 96 valence electrons. The van der Waals surface area contributed by atoms with Gasteiger partial charge >= 0.3 is 0 Å². The zero-order chi connectivity index (χ0) is 13.7. The minimum atomic E-state index is -0.0381. The molecule has 0 aliphatic carbocycles. The van der Waals surface area contributed by atoms with E-state index in [-0.39, 0.29) is 11.8 Å². The van der Waals surface area contributed by atoms with Crippen molar-refractivity contribution in [1.29, 1.82) is 5.26 Å². The summed E-state index contributed by atoms with van der Waals surface area (Å²) < 4.78 is 0. The van der Waals surface area contributed by atoms with Crippen LogP contribution in [0.25, 0.3) is 10.4 Å². The van der Waals surface area contributed by atoms with E-state index in [0.29, 0.717) is 24.3 Å². The lowest BCUT2D eigenvalue weighted by Crippen LogP contribution is -2.38. The highest BCUT2D eigenvalue weighted by atomic mass is 16.2. The summed E-state index contributed by atoms with van der Waals surface area (Å²) in [6, 6.07) is 8.79. The Morgan fingerprint density at radius 2 is 2.00 bits per heavy atom. The van der Waals surface area contributed by atoms with Crippen LogP contribution < -0.4 is 0 Å². The minimum Gasteiger partial charge on any atom is -0.339 e. The molecule has 19 heavy (non-hydrogen) atoms. The fourth-order valence-corrected chi connectivity index (χ4v) is 2.12. The predicted molar refractivity (Wildman–Crippen MR) is 69.5 cm³/mol. The second-order valence-electron chi connectivity index (χ2n) is 4.43. The number of amides is 1. The van der Waals surface area contributed by atoms with Gasteiger partial charge in [-0.2, -0.15) is 5.26 Å². The van der Waals surface area contributed by atoms with Gasteiger partial charge in [0, 0.05) is 35.2 Å². The monoisotopic (exact) mass is 255 g/mol. The predicted octanol–water partition coefficient (Wildman–Crippen LogP) is 3.00. The molecular weight excluding hydrogens is 242 g/mol. The highest BCUT2D eigenvalue weighted by molar-refractivity contribution is 5.94. The standard InChI is InChI=1S/C13H13N5O/c14-9-10-5-7-18(8-6-10)13(19)11-1-3-12(4-2-11)16-17-15/h1-4,10H,5-8H2. The zero-order valence-corrected chi connectivity index (χ0v) is 10.4. The molecule has 1 aromatic rings. The molecule has 6 nitrogen and oxygen atoms in total. The molecule has 1 aliphatic heterocycles. The van der Waals surface area contributed by atoms with Crippen LogP contribution in [-0.4, -0.2) is 23.9 Å². The van der Waals surface area contributed by atoms with Gasteiger partial charge in [-0.3, -0.25) is 4.79 Å². The zero-order valence-electron chi connectivity index (χ0n) is 10.4. The topological polar surface area (TPSA) is 92.9 Å². The normalized spacial score (nSPS) is 15.4. The van der Waals surface area contributed by atoms with E-state index in [1.807, 2.05) is 0 Å². The van der Waals surface area contributed by atoms with Crippen molar-refractivity contribution in [1.82, 2.24) is 4.90 Å². The Hall–Kier alpha value is -2.51. The number of nitrogens with zero attached hydrogens (tertiary/aromatic N) is 5. The van der Waals surface area contributed by atoms with Gasteiger partial charge in [0.05, 0.1) is 6.07 Å². The first-order valence-electron chi connectivity index (χ1n) is 6.08. The number of likely N-dealkylation sites (tertiary alicyclic amines) is 1. The minimum absolute atomic E-state index is 0.0381. The summed E-state index contributed by atoms with van der Waals surface area (Å²) in [7, 11) is 0. The largest absolute Gasteiger partial charge is 0.339 e. The van der Waals surface area contributed by atoms with Crippen LogP contribution in [0.1, 0.15) is 23.2 Å². The van der Waals surface area contributed by atoms with Crippen molar-refractivity contribution < 1.29 is 4.79 Å². The van der Waals surface area contributed by atoms with Gasteiger partial charge in [-0.15, -0.1) is 0 Å². The highest BCUT2D eigenvalue weighted by Crippen LogP contribution is 2.19. The maximum absolute atomic E-state index is 12.2. The third kappa shape index (κ3) is 3.03. The van der Waals surface area contributed by atoms with Crippen LogP contribution in [0.2, 0.25) is 0 Å². The SMILES string of the molecule is N#CC1CCN(C(=O)c2ccc(N=[N+]=[N-])cc2)CC1. The first-order chi connectivity index (χ1) is 9.24. The number of benzene rings is 1. The number of piperidine rings is 1. The van der Waals surface area contributed by atoms with Gasteiger partial charge in [0.15, 0.2) is 0 Å². The van der Waals surface area contributed by atoms with Crippen LogP contribution in [0.15, 0.2) is 29.4 Å². The fourth-order valence-electron chi connectivity index (χ4n) is 2.12. The molecule has 6 heteroatoms. The van der Waals surface area contributed by atoms with Crippen LogP contribution in [-0.2, 0) is 0 Å². The van der Waals surface area contributed by atoms with Crippen LogP contribution in [0.3, 0.4) is 0 Å². The quantitative estimate of drug-likeness (QED) is 0.461. The van der Waals surface area contributed by atoms with E-state index < -0.39 is 0 Å². The Balaban J connectivity index is 2.04. The van der Waals surface area contributed by atoms with Gasteiger partial charge in [-0.25, -0.2) is 0 Å². The Kier molecular flexibility index (Phi) is 4.01. The molecule has 0 spiro atoms. The van der Waals surface area contributed by atoms with Crippen molar-refractivity contribution >= 4 is 11.6 Å². The third-order valence-electron chi connectivity index (χ3n) is 3.24. The van der Waals surface area contributed by atoms with Crippen molar-refractivity contribution in [2.45, 2.75) is 12.8 Å². The number of carbonyl (C=O) groups is 1. The molecule has 2 rings (SSSR count). The van der Waals surface area contributed by atoms with E-state index in [1.165, 1.54) is 0 Å². The Morgan fingerprint density at radius 3 is 2.53 bits per heavy atom. The summed E-state index contributed by atoms with van der Waals surface area (Å²) in [5.74, 6) is 0.0280. The molecule has 1 amide bonds. The van der Waals surface area contributed by atoms with Crippen LogP contribution in [0.4, 0.5) is 5.69 Å². The number of carbonyl (C=O) groups excluding carboxylic acids is 1. The molecule has 1 fully saturated rings. The van der Waals surface area contributed by atoms with Crippen LogP contribution >= 0.6 is 0 Å². The summed E-state index contributed by atoms with van der Waals surface area (Å²) >= 11 is 0. The molecule has 1 aliphatic rings. The summed E-state index contributed by atoms with van der Waals surface area (Å²) in [6.07, 6.45) is 1.47. The van der Waals surface area contributed by atoms with Crippen molar-refractivity contribution in [3.63, 3.8) is 0 Å². The average molecular weight is 255 g/mol. The van der Waals surface area contributed by atoms with Gasteiger partial charge in [-0.05, 0) is 30.5 Å². The lowest BCUT2D eigenvalue weighted by molar-refractivity contribution is 0.0707. The molecule has 0 saturated carbocycles. The third-order valence-corrected chi connectivity index (χ3v) is 3.24. The smallest absolute Gasteiger partial charge is 0.253 e. The van der Waals surface area contributed by atoms with Crippen molar-refractivity contribution in [3.05, 3.63) is 40.3 Å². The Labute approximate surface area is 110 Å². The second-order valence-corrected chi connectivity index (χ2v) is 4.43. The average Bonchev–Trinajstić information content (AvgIpc) is 2.48. The first kappa shape index (κ1) is 12.9. The maximum atomic E-state index is 12.2. The van der Waals surface area contributed by atoms with E-state index in [2.05, 4.69) is 16.1 Å². The molecule has 1 aromatic carbocycles. The van der Waals surface area contributed by atoms with E-state index in [0.717, 1.165) is 12.8 Å². The molecule has 1 heterocycles. The Bertz CT molecular complexity index is 545. The van der Waals surface area contributed by atoms with Crippen molar-refractivity contribution in [2.75, 3.05) is 13.1 Å². The lowest BCUT2D eigenvalue weighted by atomic mass is 9.98. The van der Waals surface area contributed by atoms with Gasteiger partial charge < -0.3 is 4.90 Å². The number of rotatable bonds is 2. The molecule has 0 radical (unpaired) electrons. The van der Waals surface area contributed by atoms with Gasteiger partial charge in [0.2, 0.25) is 0 Å². The van der Waals surface area contributed by atoms with E-state index >= 15 is 0 Å². The van der Waals surface area contributed by atoms with Gasteiger partial charge in [0.1, 0.15) is 0 Å². The highest BCUT2D eigenvalue weighted by Gasteiger charge is 2.23. The van der Waals surface area contributed by atoms with Crippen LogP contribution in [0.5, 0.6) is 0 Å². The number of nitriles is 1. The van der Waals surface area contributed by atoms with Gasteiger partial charge in [0.25, 0.3) is 5.91 Å². The van der Waals surface area contributed by atoms with E-state index in [9.17, 15) is 4.79 Å². The summed E-state index contributed by atoms with van der Waals surface area (Å²) in [5.41, 5.74) is 9.37. The molecule has 0 N–H and O–H groups in total. The summed E-state index contributed by atoms with van der Waals surface area (Å²) in [6.45, 7) is 1.24. The molecule has 0 aromatic heterocycles. The van der Waals surface area contributed by atoms with E-state index in [4.69, 9.17) is 10.8 Å². The maximum Gasteiger partial charge on any atom is 0.253 e. The molecule has 0 unspecified atom stereocenters. The second kappa shape index (κ2) is 5.89. The molecule has 1 saturated heterocycles. The lowest BCUT2D eigenvalue weighted by Gasteiger charge is -2.29. The van der Waals surface area contributed by atoms with Crippen LogP contribution in [0, 0.1) is 17.2 Å².